The molecule has 1 fully saturated rings. The van der Waals surface area contributed by atoms with Gasteiger partial charge >= 0.3 is 0 Å². The number of thiophene rings is 1. The normalized spacial score (nSPS) is 15.3. The highest BCUT2D eigenvalue weighted by Gasteiger charge is 2.16. The van der Waals surface area contributed by atoms with Crippen molar-refractivity contribution in [2.24, 2.45) is 5.92 Å². The van der Waals surface area contributed by atoms with Gasteiger partial charge in [0.05, 0.1) is 10.6 Å². The van der Waals surface area contributed by atoms with Crippen molar-refractivity contribution in [1.29, 1.82) is 0 Å². The highest BCUT2D eigenvalue weighted by molar-refractivity contribution is 7.13. The molecular formula is C20H22N4S. The molecule has 3 aromatic rings. The lowest BCUT2D eigenvalue weighted by atomic mass is 9.99. The molecule has 0 saturated carbocycles. The Balaban J connectivity index is 1.51. The summed E-state index contributed by atoms with van der Waals surface area (Å²) in [6, 6.07) is 14.6. The van der Waals surface area contributed by atoms with E-state index >= 15 is 0 Å². The van der Waals surface area contributed by atoms with Crippen LogP contribution in [0.1, 0.15) is 19.8 Å². The Morgan fingerprint density at radius 2 is 2.00 bits per heavy atom. The molecule has 1 aromatic carbocycles. The predicted molar refractivity (Wildman–Crippen MR) is 106 cm³/mol. The third-order valence-corrected chi connectivity index (χ3v) is 5.57. The largest absolute Gasteiger partial charge is 0.371 e. The summed E-state index contributed by atoms with van der Waals surface area (Å²) in [5.74, 6) is 1.47. The van der Waals surface area contributed by atoms with Gasteiger partial charge < -0.3 is 10.2 Å². The van der Waals surface area contributed by atoms with E-state index in [0.717, 1.165) is 35.3 Å². The van der Waals surface area contributed by atoms with Gasteiger partial charge in [-0.25, -0.2) is 9.97 Å². The lowest BCUT2D eigenvalue weighted by Crippen LogP contribution is -2.32. The van der Waals surface area contributed by atoms with Crippen molar-refractivity contribution in [3.8, 4) is 10.6 Å². The molecule has 25 heavy (non-hydrogen) atoms. The standard InChI is InChI=1S/C20H22N4S/c1-15-8-11-24(12-9-15)17-5-2-4-16(14-17)22-20-21-10-7-18(23-20)19-6-3-13-25-19/h2-7,10,13-15H,8-9,11-12H2,1H3,(H,21,22,23). The predicted octanol–water partition coefficient (Wildman–Crippen LogP) is 5.19. The van der Waals surface area contributed by atoms with E-state index in [4.69, 9.17) is 0 Å². The van der Waals surface area contributed by atoms with Crippen molar-refractivity contribution >= 4 is 28.7 Å². The van der Waals surface area contributed by atoms with E-state index in [1.54, 1.807) is 17.5 Å². The summed E-state index contributed by atoms with van der Waals surface area (Å²) >= 11 is 1.69. The van der Waals surface area contributed by atoms with Gasteiger partial charge in [-0.1, -0.05) is 19.1 Å². The number of hydrogen-bond acceptors (Lipinski definition) is 5. The molecule has 0 bridgehead atoms. The third kappa shape index (κ3) is 3.82. The van der Waals surface area contributed by atoms with Gasteiger partial charge in [0.25, 0.3) is 0 Å². The van der Waals surface area contributed by atoms with Gasteiger partial charge in [-0.2, -0.15) is 0 Å². The molecule has 4 nitrogen and oxygen atoms in total. The zero-order chi connectivity index (χ0) is 17.1. The molecule has 1 N–H and O–H groups in total. The van der Waals surface area contributed by atoms with Crippen LogP contribution in [0.4, 0.5) is 17.3 Å². The zero-order valence-electron chi connectivity index (χ0n) is 14.4. The molecule has 3 heterocycles. The second-order valence-corrected chi connectivity index (χ2v) is 7.54. The van der Waals surface area contributed by atoms with E-state index in [9.17, 15) is 0 Å². The first-order valence-electron chi connectivity index (χ1n) is 8.77. The van der Waals surface area contributed by atoms with Crippen LogP contribution in [0.15, 0.2) is 54.0 Å². The van der Waals surface area contributed by atoms with Crippen LogP contribution in [0.3, 0.4) is 0 Å². The lowest BCUT2D eigenvalue weighted by Gasteiger charge is -2.32. The number of anilines is 3. The first-order valence-corrected chi connectivity index (χ1v) is 9.65. The summed E-state index contributed by atoms with van der Waals surface area (Å²) < 4.78 is 0. The highest BCUT2D eigenvalue weighted by Crippen LogP contribution is 2.27. The number of hydrogen-bond donors (Lipinski definition) is 1. The first-order chi connectivity index (χ1) is 12.3. The Morgan fingerprint density at radius 1 is 1.12 bits per heavy atom. The summed E-state index contributed by atoms with van der Waals surface area (Å²) in [4.78, 5) is 12.6. The Kier molecular flexibility index (Phi) is 4.65. The maximum absolute atomic E-state index is 4.64. The van der Waals surface area contributed by atoms with Crippen LogP contribution in [0, 0.1) is 5.92 Å². The molecule has 128 valence electrons. The average Bonchev–Trinajstić information content (AvgIpc) is 3.18. The average molecular weight is 350 g/mol. The van der Waals surface area contributed by atoms with Crippen molar-refractivity contribution in [2.75, 3.05) is 23.3 Å². The molecule has 0 unspecified atom stereocenters. The van der Waals surface area contributed by atoms with Crippen LogP contribution in [0.2, 0.25) is 0 Å². The fourth-order valence-corrected chi connectivity index (χ4v) is 3.85. The molecule has 0 amide bonds. The van der Waals surface area contributed by atoms with Gasteiger partial charge in [-0.3, -0.25) is 0 Å². The van der Waals surface area contributed by atoms with Crippen molar-refractivity contribution in [1.82, 2.24) is 9.97 Å². The number of piperidine rings is 1. The lowest BCUT2D eigenvalue weighted by molar-refractivity contribution is 0.438. The topological polar surface area (TPSA) is 41.0 Å². The summed E-state index contributed by atoms with van der Waals surface area (Å²) in [7, 11) is 0. The van der Waals surface area contributed by atoms with Crippen molar-refractivity contribution < 1.29 is 0 Å². The van der Waals surface area contributed by atoms with Gasteiger partial charge in [0.2, 0.25) is 5.95 Å². The van der Waals surface area contributed by atoms with Crippen LogP contribution in [-0.2, 0) is 0 Å². The molecule has 0 aliphatic carbocycles. The summed E-state index contributed by atoms with van der Waals surface area (Å²) in [6.07, 6.45) is 4.34. The molecular weight excluding hydrogens is 328 g/mol. The van der Waals surface area contributed by atoms with E-state index in [1.165, 1.54) is 18.5 Å². The summed E-state index contributed by atoms with van der Waals surface area (Å²) in [6.45, 7) is 4.61. The molecule has 1 aliphatic heterocycles. The number of rotatable bonds is 4. The SMILES string of the molecule is CC1CCN(c2cccc(Nc3nccc(-c4cccs4)n3)c2)CC1. The molecule has 0 radical (unpaired) electrons. The molecule has 0 spiro atoms. The fourth-order valence-electron chi connectivity index (χ4n) is 3.16. The summed E-state index contributed by atoms with van der Waals surface area (Å²) in [5.41, 5.74) is 3.25. The Morgan fingerprint density at radius 3 is 2.80 bits per heavy atom. The van der Waals surface area contributed by atoms with Crippen LogP contribution in [0.5, 0.6) is 0 Å². The smallest absolute Gasteiger partial charge is 0.227 e. The minimum atomic E-state index is 0.635. The minimum absolute atomic E-state index is 0.635. The maximum Gasteiger partial charge on any atom is 0.227 e. The Labute approximate surface area is 152 Å². The molecule has 5 heteroatoms. The van der Waals surface area contributed by atoms with Crippen LogP contribution in [0.25, 0.3) is 10.6 Å². The van der Waals surface area contributed by atoms with Gasteiger partial charge in [-0.05, 0) is 54.5 Å². The molecule has 0 atom stereocenters. The van der Waals surface area contributed by atoms with E-state index in [1.807, 2.05) is 12.1 Å². The number of nitrogens with one attached hydrogen (secondary N) is 1. The van der Waals surface area contributed by atoms with Crippen molar-refractivity contribution in [2.45, 2.75) is 19.8 Å². The van der Waals surface area contributed by atoms with E-state index in [-0.39, 0.29) is 0 Å². The second-order valence-electron chi connectivity index (χ2n) is 6.59. The maximum atomic E-state index is 4.64. The van der Waals surface area contributed by atoms with Crippen LogP contribution in [-0.4, -0.2) is 23.1 Å². The Hall–Kier alpha value is -2.40. The van der Waals surface area contributed by atoms with Crippen LogP contribution >= 0.6 is 11.3 Å². The van der Waals surface area contributed by atoms with E-state index in [2.05, 4.69) is 62.8 Å². The number of nitrogens with zero attached hydrogens (tertiary/aromatic N) is 3. The van der Waals surface area contributed by atoms with Gasteiger partial charge in [0.1, 0.15) is 0 Å². The molecule has 1 aliphatic rings. The van der Waals surface area contributed by atoms with E-state index < -0.39 is 0 Å². The van der Waals surface area contributed by atoms with Crippen LogP contribution < -0.4 is 10.2 Å². The van der Waals surface area contributed by atoms with Gasteiger partial charge in [0, 0.05) is 30.7 Å². The molecule has 1 saturated heterocycles. The highest BCUT2D eigenvalue weighted by atomic mass is 32.1. The number of aromatic nitrogens is 2. The second kappa shape index (κ2) is 7.23. The minimum Gasteiger partial charge on any atom is -0.371 e. The van der Waals surface area contributed by atoms with Crippen molar-refractivity contribution in [3.63, 3.8) is 0 Å². The third-order valence-electron chi connectivity index (χ3n) is 4.68. The molecule has 2 aromatic heterocycles. The van der Waals surface area contributed by atoms with Gasteiger partial charge in [-0.15, -0.1) is 11.3 Å². The monoisotopic (exact) mass is 350 g/mol. The summed E-state index contributed by atoms with van der Waals surface area (Å²) in [5, 5.41) is 5.41. The molecule has 4 rings (SSSR count). The number of benzene rings is 1. The Bertz CT molecular complexity index is 823. The van der Waals surface area contributed by atoms with Gasteiger partial charge in [0.15, 0.2) is 0 Å². The first kappa shape index (κ1) is 16.1. The quantitative estimate of drug-likeness (QED) is 0.703. The fraction of sp³-hybridized carbons (Fsp3) is 0.300. The van der Waals surface area contributed by atoms with Crippen molar-refractivity contribution in [3.05, 3.63) is 54.0 Å². The zero-order valence-corrected chi connectivity index (χ0v) is 15.2. The van der Waals surface area contributed by atoms with E-state index in [0.29, 0.717) is 5.95 Å².